The second-order valence-electron chi connectivity index (χ2n) is 2.08. The van der Waals surface area contributed by atoms with Gasteiger partial charge < -0.3 is 1.43 Å². The minimum Gasteiger partial charge on any atom is -1.00 e. The van der Waals surface area contributed by atoms with Crippen molar-refractivity contribution in [3.8, 4) is 0 Å². The molecule has 0 aromatic carbocycles. The predicted molar refractivity (Wildman–Crippen MR) is 39.9 cm³/mol. The first-order valence-electron chi connectivity index (χ1n) is 2.72. The Balaban J connectivity index is 0. The molecule has 0 aromatic heterocycles. The smallest absolute Gasteiger partial charge is 1.00 e. The predicted octanol–water partition coefficient (Wildman–Crippen LogP) is -1.48. The van der Waals surface area contributed by atoms with Gasteiger partial charge in [-0.05, 0) is 11.0 Å². The van der Waals surface area contributed by atoms with Gasteiger partial charge in [0.1, 0.15) is 0 Å². The first-order valence-corrected chi connectivity index (χ1v) is 6.67. The second-order valence-corrected chi connectivity index (χ2v) is 8.37. The molecular formula is C4H11NaO3PS+. The molecule has 6 heteroatoms. The summed E-state index contributed by atoms with van der Waals surface area (Å²) in [4.78, 5) is 8.73. The minimum atomic E-state index is -2.07. The van der Waals surface area contributed by atoms with E-state index in [2.05, 4.69) is 0 Å². The number of hydrogen-bond donors (Lipinski definition) is 1. The molecule has 0 aliphatic carbocycles. The third kappa shape index (κ3) is 2.45. The topological polar surface area (TPSA) is 46.5 Å². The van der Waals surface area contributed by atoms with E-state index in [-0.39, 0.29) is 31.0 Å². The number of hydrogen-bond acceptors (Lipinski definition) is 2. The van der Waals surface area contributed by atoms with Gasteiger partial charge in [0, 0.05) is 12.0 Å². The summed E-state index contributed by atoms with van der Waals surface area (Å²) in [5, 5.41) is 0. The van der Waals surface area contributed by atoms with Gasteiger partial charge in [-0.15, -0.1) is 0 Å². The average Bonchev–Trinajstić information content (AvgIpc) is 2.16. The molecule has 2 unspecified atom stereocenters. The quantitative estimate of drug-likeness (QED) is 0.408. The van der Waals surface area contributed by atoms with E-state index < -0.39 is 17.2 Å². The van der Waals surface area contributed by atoms with Gasteiger partial charge in [0.15, 0.2) is 0 Å². The van der Waals surface area contributed by atoms with Crippen molar-refractivity contribution in [2.45, 2.75) is 6.42 Å². The van der Waals surface area contributed by atoms with Crippen molar-refractivity contribution in [2.75, 3.05) is 18.6 Å². The Morgan fingerprint density at radius 3 is 2.60 bits per heavy atom. The summed E-state index contributed by atoms with van der Waals surface area (Å²) in [6, 6.07) is 0. The largest absolute Gasteiger partial charge is 1.00 e. The van der Waals surface area contributed by atoms with Gasteiger partial charge in [0.2, 0.25) is 0 Å². The molecule has 1 rings (SSSR count). The Labute approximate surface area is 86.4 Å². The molecule has 1 aliphatic heterocycles. The molecule has 1 aliphatic rings. The molecule has 0 spiro atoms. The second kappa shape index (κ2) is 4.41. The van der Waals surface area contributed by atoms with Crippen LogP contribution in [0.15, 0.2) is 0 Å². The molecule has 0 saturated carbocycles. The molecule has 1 saturated heterocycles. The molecule has 1 fully saturated rings. The van der Waals surface area contributed by atoms with Crippen LogP contribution in [-0.4, -0.2) is 23.5 Å². The Hall–Kier alpha value is 1.37. The third-order valence-corrected chi connectivity index (χ3v) is 6.56. The fourth-order valence-corrected chi connectivity index (χ4v) is 3.59. The van der Waals surface area contributed by atoms with Crippen LogP contribution in [0.25, 0.3) is 0 Å². The third-order valence-electron chi connectivity index (χ3n) is 1.34. The van der Waals surface area contributed by atoms with Gasteiger partial charge >= 0.3 is 36.8 Å². The van der Waals surface area contributed by atoms with E-state index in [4.69, 9.17) is 9.08 Å². The van der Waals surface area contributed by atoms with Crippen LogP contribution in [0.5, 0.6) is 0 Å². The zero-order valence-corrected chi connectivity index (χ0v) is 9.95. The minimum absolute atomic E-state index is 0. The summed E-state index contributed by atoms with van der Waals surface area (Å²) in [7, 11) is -3.63. The first kappa shape index (κ1) is 11.4. The molecule has 3 nitrogen and oxygen atoms in total. The van der Waals surface area contributed by atoms with Crippen LogP contribution in [0.2, 0.25) is 0 Å². The molecule has 0 radical (unpaired) electrons. The van der Waals surface area contributed by atoms with Gasteiger partial charge in [0.25, 0.3) is 0 Å². The maximum atomic E-state index is 10.6. The van der Waals surface area contributed by atoms with Crippen molar-refractivity contribution in [3.05, 3.63) is 0 Å². The fourth-order valence-electron chi connectivity index (χ4n) is 0.747. The van der Waals surface area contributed by atoms with E-state index in [1.165, 1.54) is 0 Å². The van der Waals surface area contributed by atoms with Crippen molar-refractivity contribution < 1.29 is 44.6 Å². The SMILES string of the molecule is CS1([P+](=O)O)CCCO1.[H-].[Na+]. The van der Waals surface area contributed by atoms with E-state index in [0.717, 1.165) is 12.2 Å². The maximum Gasteiger partial charge on any atom is 1.00 e. The number of rotatable bonds is 1. The van der Waals surface area contributed by atoms with Crippen molar-refractivity contribution in [1.82, 2.24) is 0 Å². The summed E-state index contributed by atoms with van der Waals surface area (Å²) >= 11 is 0. The molecule has 1 heterocycles. The maximum absolute atomic E-state index is 10.6. The Kier molecular flexibility index (Phi) is 5.01. The van der Waals surface area contributed by atoms with Gasteiger partial charge in [-0.2, -0.15) is 4.89 Å². The zero-order chi connectivity index (χ0) is 6.91. The van der Waals surface area contributed by atoms with Crippen molar-refractivity contribution in [1.29, 1.82) is 0 Å². The molecule has 1 N–H and O–H groups in total. The summed E-state index contributed by atoms with van der Waals surface area (Å²) in [5.41, 5.74) is 0. The van der Waals surface area contributed by atoms with Crippen LogP contribution in [0.4, 0.5) is 0 Å². The molecule has 56 valence electrons. The standard InChI is InChI=1S/C4H9O3PS.Na.H/c1-9(8(5)6)4-2-3-7-9;;/h2-4H2,1H3;;/q;+1;-1/p+1. The summed E-state index contributed by atoms with van der Waals surface area (Å²) < 4.78 is 15.7. The molecule has 2 atom stereocenters. The van der Waals surface area contributed by atoms with Gasteiger partial charge in [-0.3, -0.25) is 4.18 Å². The van der Waals surface area contributed by atoms with E-state index in [1.54, 1.807) is 6.26 Å². The van der Waals surface area contributed by atoms with Crippen molar-refractivity contribution >= 4 is 17.2 Å². The fraction of sp³-hybridized carbons (Fsp3) is 1.00. The normalized spacial score (nSPS) is 39.6. The zero-order valence-electron chi connectivity index (χ0n) is 7.24. The van der Waals surface area contributed by atoms with E-state index >= 15 is 0 Å². The van der Waals surface area contributed by atoms with Crippen LogP contribution < -0.4 is 29.6 Å². The summed E-state index contributed by atoms with van der Waals surface area (Å²) in [5.74, 6) is 0.790. The van der Waals surface area contributed by atoms with Crippen LogP contribution in [0.3, 0.4) is 0 Å². The van der Waals surface area contributed by atoms with Crippen LogP contribution in [0, 0.1) is 0 Å². The molecular weight excluding hydrogens is 182 g/mol. The van der Waals surface area contributed by atoms with Crippen molar-refractivity contribution in [3.63, 3.8) is 0 Å². The van der Waals surface area contributed by atoms with Crippen LogP contribution >= 0.6 is 17.2 Å². The monoisotopic (exact) mass is 193 g/mol. The molecule has 0 amide bonds. The van der Waals surface area contributed by atoms with Gasteiger partial charge in [-0.1, -0.05) is 0 Å². The van der Waals surface area contributed by atoms with Gasteiger partial charge in [0.05, 0.1) is 16.5 Å². The van der Waals surface area contributed by atoms with E-state index in [9.17, 15) is 4.57 Å². The van der Waals surface area contributed by atoms with Crippen molar-refractivity contribution in [2.24, 2.45) is 0 Å². The molecule has 10 heavy (non-hydrogen) atoms. The van der Waals surface area contributed by atoms with Gasteiger partial charge in [-0.25, -0.2) is 0 Å². The summed E-state index contributed by atoms with van der Waals surface area (Å²) in [6.45, 7) is 0.660. The van der Waals surface area contributed by atoms with Crippen LogP contribution in [0.1, 0.15) is 7.85 Å². The van der Waals surface area contributed by atoms with Crippen LogP contribution in [-0.2, 0) is 8.75 Å². The van der Waals surface area contributed by atoms with E-state index in [0.29, 0.717) is 6.61 Å². The average molecular weight is 193 g/mol. The van der Waals surface area contributed by atoms with E-state index in [1.807, 2.05) is 0 Å². The Bertz CT molecular complexity index is 141. The Morgan fingerprint density at radius 2 is 2.40 bits per heavy atom. The first-order chi connectivity index (χ1) is 4.15. The molecule has 0 aromatic rings. The molecule has 0 bridgehead atoms. The Morgan fingerprint density at radius 1 is 1.80 bits per heavy atom. The summed E-state index contributed by atoms with van der Waals surface area (Å²) in [6.07, 6.45) is 2.70.